The molecule has 216 valence electrons. The molecule has 1 heterocycles. The summed E-state index contributed by atoms with van der Waals surface area (Å²) in [6.45, 7) is 4.80. The van der Waals surface area contributed by atoms with Crippen molar-refractivity contribution in [3.8, 4) is 0 Å². The van der Waals surface area contributed by atoms with Crippen molar-refractivity contribution in [3.63, 3.8) is 0 Å². The Labute approximate surface area is 235 Å². The van der Waals surface area contributed by atoms with E-state index in [1.54, 1.807) is 19.9 Å². The topological polar surface area (TPSA) is 114 Å². The molecule has 4 aliphatic rings. The molecule has 0 aliphatic heterocycles. The molecule has 0 bridgehead atoms. The number of aliphatic hydroxyl groups is 2. The molecule has 3 saturated carbocycles. The van der Waals surface area contributed by atoms with E-state index >= 15 is 8.78 Å². The molecule has 0 aromatic carbocycles. The summed E-state index contributed by atoms with van der Waals surface area (Å²) in [6.07, 6.45) is 4.64. The number of ketones is 1. The fourth-order valence-corrected chi connectivity index (χ4v) is 9.26. The van der Waals surface area contributed by atoms with Crippen LogP contribution in [0.15, 0.2) is 58.8 Å². The molecule has 1 aromatic heterocycles. The zero-order valence-corrected chi connectivity index (χ0v) is 23.5. The van der Waals surface area contributed by atoms with Crippen LogP contribution in [0.2, 0.25) is 0 Å². The number of aliphatic hydroxyl groups excluding tert-OH is 2. The van der Waals surface area contributed by atoms with Crippen LogP contribution < -0.4 is 0 Å². The standard InChI is InChI=1S/C30H34F2O7S/c1-17-13-19-20-15-22(31)21-14-18(34)8-9-27(21,2)29(20,32)24(35)16-28(19,3)30(17,26(37)40-12-5-4-10-33)39-25(36)23-7-6-11-38-23/h4-9,11,14,17,19-20,22,24,33,35H,10,12-13,15-16H2,1-3H3/b5-4+/t17-,19+,20+,22+,24+,27+,28+,29+,30+/m1/s1. The summed E-state index contributed by atoms with van der Waals surface area (Å²) >= 11 is 0.906. The molecule has 2 N–H and O–H groups in total. The molecule has 0 saturated heterocycles. The van der Waals surface area contributed by atoms with Gasteiger partial charge in [-0.2, -0.15) is 0 Å². The van der Waals surface area contributed by atoms with Crippen molar-refractivity contribution in [2.75, 3.05) is 12.4 Å². The number of alkyl halides is 2. The SMILES string of the molecule is C[C@@H]1C[C@H]2[C@@H]3C[C@H](F)C4=CC(=O)C=C[C@]4(C)[C@@]3(F)[C@@H](O)C[C@]2(C)[C@@]1(OC(=O)c1ccco1)C(=O)SC/C=C/CO. The summed E-state index contributed by atoms with van der Waals surface area (Å²) in [5.74, 6) is -3.43. The minimum absolute atomic E-state index is 0.0188. The first-order valence-electron chi connectivity index (χ1n) is 13.5. The van der Waals surface area contributed by atoms with Gasteiger partial charge in [-0.25, -0.2) is 13.6 Å². The summed E-state index contributed by atoms with van der Waals surface area (Å²) in [6, 6.07) is 2.93. The molecular formula is C30H34F2O7S. The third kappa shape index (κ3) is 3.85. The molecule has 1 aromatic rings. The maximum Gasteiger partial charge on any atom is 0.375 e. The summed E-state index contributed by atoms with van der Waals surface area (Å²) in [4.78, 5) is 39.5. The Morgan fingerprint density at radius 2 is 2.00 bits per heavy atom. The molecule has 10 heteroatoms. The Morgan fingerprint density at radius 3 is 2.67 bits per heavy atom. The molecule has 9 atom stereocenters. The van der Waals surface area contributed by atoms with Gasteiger partial charge in [-0.1, -0.05) is 43.8 Å². The van der Waals surface area contributed by atoms with Gasteiger partial charge in [-0.05, 0) is 62.0 Å². The average Bonchev–Trinajstić information content (AvgIpc) is 3.52. The number of ether oxygens (including phenoxy) is 1. The monoisotopic (exact) mass is 576 g/mol. The first-order chi connectivity index (χ1) is 18.9. The first kappa shape index (κ1) is 29.0. The highest BCUT2D eigenvalue weighted by atomic mass is 32.2. The number of hydrogen-bond donors (Lipinski definition) is 2. The summed E-state index contributed by atoms with van der Waals surface area (Å²) in [5.41, 5.74) is -6.88. The largest absolute Gasteiger partial charge is 0.457 e. The molecule has 0 spiro atoms. The van der Waals surface area contributed by atoms with Crippen molar-refractivity contribution >= 4 is 28.6 Å². The Balaban J connectivity index is 1.61. The summed E-state index contributed by atoms with van der Waals surface area (Å²) < 4.78 is 44.6. The van der Waals surface area contributed by atoms with E-state index < -0.39 is 69.0 Å². The van der Waals surface area contributed by atoms with Gasteiger partial charge in [-0.15, -0.1) is 0 Å². The fraction of sp³-hybridized carbons (Fsp3) is 0.567. The Hall–Kier alpha value is -2.56. The lowest BCUT2D eigenvalue weighted by Crippen LogP contribution is -2.70. The predicted molar refractivity (Wildman–Crippen MR) is 144 cm³/mol. The number of carbonyl (C=O) groups is 3. The van der Waals surface area contributed by atoms with E-state index in [0.717, 1.165) is 17.8 Å². The minimum atomic E-state index is -2.32. The van der Waals surface area contributed by atoms with Crippen LogP contribution in [0.4, 0.5) is 8.78 Å². The highest BCUT2D eigenvalue weighted by Crippen LogP contribution is 2.72. The van der Waals surface area contributed by atoms with Crippen molar-refractivity contribution < 1.29 is 42.5 Å². The van der Waals surface area contributed by atoms with E-state index in [1.807, 2.05) is 0 Å². The summed E-state index contributed by atoms with van der Waals surface area (Å²) in [5, 5.41) is 20.2. The van der Waals surface area contributed by atoms with Gasteiger partial charge >= 0.3 is 5.97 Å². The number of carbonyl (C=O) groups excluding carboxylic acids is 3. The van der Waals surface area contributed by atoms with Crippen LogP contribution in [0.25, 0.3) is 0 Å². The van der Waals surface area contributed by atoms with Crippen molar-refractivity contribution in [2.24, 2.45) is 28.6 Å². The molecule has 3 fully saturated rings. The number of rotatable bonds is 6. The van der Waals surface area contributed by atoms with Crippen molar-refractivity contribution in [1.29, 1.82) is 0 Å². The molecule has 7 nitrogen and oxygen atoms in total. The lowest BCUT2D eigenvalue weighted by atomic mass is 9.44. The van der Waals surface area contributed by atoms with Gasteiger partial charge in [0.25, 0.3) is 0 Å². The lowest BCUT2D eigenvalue weighted by molar-refractivity contribution is -0.221. The van der Waals surface area contributed by atoms with Crippen LogP contribution in [0.3, 0.4) is 0 Å². The van der Waals surface area contributed by atoms with E-state index in [2.05, 4.69) is 0 Å². The second-order valence-electron chi connectivity index (χ2n) is 11.9. The number of esters is 1. The number of furan rings is 1. The normalized spacial score (nSPS) is 42.2. The predicted octanol–water partition coefficient (Wildman–Crippen LogP) is 4.55. The molecule has 0 unspecified atom stereocenters. The van der Waals surface area contributed by atoms with Crippen molar-refractivity contribution in [1.82, 2.24) is 0 Å². The van der Waals surface area contributed by atoms with Crippen LogP contribution in [0.5, 0.6) is 0 Å². The average molecular weight is 577 g/mol. The second-order valence-corrected chi connectivity index (χ2v) is 12.8. The van der Waals surface area contributed by atoms with E-state index in [0.29, 0.717) is 0 Å². The number of thioether (sulfide) groups is 1. The first-order valence-corrected chi connectivity index (χ1v) is 14.5. The molecule has 0 amide bonds. The number of halogens is 2. The third-order valence-corrected chi connectivity index (χ3v) is 11.0. The maximum atomic E-state index is 17.5. The quantitative estimate of drug-likeness (QED) is 0.375. The maximum absolute atomic E-state index is 17.5. The van der Waals surface area contributed by atoms with Crippen LogP contribution in [-0.4, -0.2) is 63.0 Å². The van der Waals surface area contributed by atoms with Crippen LogP contribution in [-0.2, 0) is 14.3 Å². The second kappa shape index (κ2) is 10.1. The van der Waals surface area contributed by atoms with Crippen LogP contribution in [0, 0.1) is 28.6 Å². The molecular weight excluding hydrogens is 542 g/mol. The molecule has 4 aliphatic carbocycles. The van der Waals surface area contributed by atoms with Gasteiger partial charge in [0, 0.05) is 28.4 Å². The summed E-state index contributed by atoms with van der Waals surface area (Å²) in [7, 11) is 0. The highest BCUT2D eigenvalue weighted by Gasteiger charge is 2.78. The van der Waals surface area contributed by atoms with E-state index in [-0.39, 0.29) is 43.0 Å². The zero-order valence-electron chi connectivity index (χ0n) is 22.6. The smallest absolute Gasteiger partial charge is 0.375 e. The van der Waals surface area contributed by atoms with Crippen LogP contribution in [0.1, 0.15) is 50.6 Å². The highest BCUT2D eigenvalue weighted by molar-refractivity contribution is 8.14. The van der Waals surface area contributed by atoms with Gasteiger partial charge in [0.1, 0.15) is 6.17 Å². The van der Waals surface area contributed by atoms with E-state index in [1.165, 1.54) is 43.5 Å². The molecule has 5 rings (SSSR count). The number of fused-ring (bicyclic) bond motifs is 5. The Morgan fingerprint density at radius 1 is 1.25 bits per heavy atom. The van der Waals surface area contributed by atoms with Gasteiger partial charge in [0.2, 0.25) is 10.9 Å². The zero-order chi connectivity index (χ0) is 29.1. The van der Waals surface area contributed by atoms with Crippen LogP contribution >= 0.6 is 11.8 Å². The third-order valence-electron chi connectivity index (χ3n) is 10.0. The number of allylic oxidation sites excluding steroid dienone is 4. The van der Waals surface area contributed by atoms with Gasteiger partial charge in [0.05, 0.1) is 19.0 Å². The minimum Gasteiger partial charge on any atom is -0.457 e. The van der Waals surface area contributed by atoms with Crippen molar-refractivity contribution in [2.45, 2.75) is 63.6 Å². The Bertz CT molecular complexity index is 1290. The fourth-order valence-electron chi connectivity index (χ4n) is 8.18. The number of hydrogen-bond acceptors (Lipinski definition) is 8. The molecule has 0 radical (unpaired) electrons. The van der Waals surface area contributed by atoms with E-state index in [9.17, 15) is 19.5 Å². The molecule has 40 heavy (non-hydrogen) atoms. The van der Waals surface area contributed by atoms with E-state index in [4.69, 9.17) is 14.3 Å². The Kier molecular flexibility index (Phi) is 7.28. The van der Waals surface area contributed by atoms with Gasteiger partial charge in [0.15, 0.2) is 17.1 Å². The van der Waals surface area contributed by atoms with Gasteiger partial charge < -0.3 is 19.4 Å². The van der Waals surface area contributed by atoms with Crippen molar-refractivity contribution in [3.05, 3.63) is 60.1 Å². The van der Waals surface area contributed by atoms with Gasteiger partial charge in [-0.3, -0.25) is 9.59 Å². The lowest BCUT2D eigenvalue weighted by Gasteiger charge is -2.63.